The van der Waals surface area contributed by atoms with E-state index in [0.29, 0.717) is 41.5 Å². The molecule has 4 aromatic carbocycles. The van der Waals surface area contributed by atoms with Crippen molar-refractivity contribution in [3.63, 3.8) is 0 Å². The first-order valence-corrected chi connectivity index (χ1v) is 23.0. The van der Waals surface area contributed by atoms with Gasteiger partial charge in [-0.1, -0.05) is 35.9 Å². The molecule has 0 saturated carbocycles. The monoisotopic (exact) mass is 1000 g/mol. The molecule has 4 heterocycles. The lowest BCUT2D eigenvalue weighted by atomic mass is 9.79. The molecule has 0 radical (unpaired) electrons. The number of carbonyl (C=O) groups is 1. The number of alkyl halides is 5. The lowest BCUT2D eigenvalue weighted by Gasteiger charge is -2.44. The maximum atomic E-state index is 17.7. The molecule has 5 aromatic rings. The number of carbonyl (C=O) groups excluding carboxylic acids is 1. The van der Waals surface area contributed by atoms with Crippen LogP contribution in [0.4, 0.5) is 51.4 Å². The van der Waals surface area contributed by atoms with Crippen molar-refractivity contribution in [1.29, 1.82) is 0 Å². The van der Waals surface area contributed by atoms with E-state index < -0.39 is 111 Å². The summed E-state index contributed by atoms with van der Waals surface area (Å²) in [7, 11) is 4.60. The van der Waals surface area contributed by atoms with E-state index in [1.165, 1.54) is 26.0 Å². The van der Waals surface area contributed by atoms with Crippen LogP contribution in [-0.4, -0.2) is 104 Å². The summed E-state index contributed by atoms with van der Waals surface area (Å²) in [5.74, 6) is -7.33. The third-order valence-electron chi connectivity index (χ3n) is 13.2. The third kappa shape index (κ3) is 10.0. The predicted octanol–water partition coefficient (Wildman–Crippen LogP) is 11.6. The van der Waals surface area contributed by atoms with E-state index in [2.05, 4.69) is 9.97 Å². The Morgan fingerprint density at radius 2 is 1.43 bits per heavy atom. The number of amides is 1. The molecule has 0 N–H and O–H groups in total. The van der Waals surface area contributed by atoms with Gasteiger partial charge in [-0.2, -0.15) is 23.1 Å². The standard InChI is InChI=1S/C50H53ClF8N6O5/c1-47(2,3)70-46(66)65-30-12-13-31(65)25-64(24-30)44-34-20-36(52)38(42(54)43(34)60-45(61-44)69-27-48(4)26-62(5)19-18-49(48,55)56)39-40(50(57,58)59)35(51)21-37(41(39)53)63(22-28-8-14-32(67-6)15-9-28)23-29-10-16-33(68-7)17-11-29/h8-11,14-17,20-21,30-31H,12-13,18-19,22-27H2,1-7H3/t30?,31?,48-/m0/s1. The minimum atomic E-state index is -5.46. The average Bonchev–Trinajstić information content (AvgIpc) is 3.56. The fourth-order valence-electron chi connectivity index (χ4n) is 9.67. The quantitative estimate of drug-likeness (QED) is 0.113. The van der Waals surface area contributed by atoms with Crippen molar-refractivity contribution in [3.8, 4) is 28.6 Å². The van der Waals surface area contributed by atoms with Crippen molar-refractivity contribution in [2.75, 3.05) is 63.9 Å². The van der Waals surface area contributed by atoms with Crippen LogP contribution in [0.3, 0.4) is 0 Å². The molecule has 0 spiro atoms. The molecule has 3 atom stereocenters. The minimum Gasteiger partial charge on any atom is -0.497 e. The molecule has 3 fully saturated rings. The molecule has 2 bridgehead atoms. The molecule has 3 aliphatic heterocycles. The van der Waals surface area contributed by atoms with Gasteiger partial charge in [0.05, 0.1) is 53.6 Å². The molecule has 1 amide bonds. The van der Waals surface area contributed by atoms with E-state index in [1.54, 1.807) is 91.0 Å². The molecule has 3 aliphatic rings. The zero-order chi connectivity index (χ0) is 50.7. The molecule has 11 nitrogen and oxygen atoms in total. The van der Waals surface area contributed by atoms with Crippen LogP contribution < -0.4 is 24.0 Å². The van der Waals surface area contributed by atoms with E-state index in [1.807, 2.05) is 0 Å². The number of hydrogen-bond acceptors (Lipinski definition) is 10. The van der Waals surface area contributed by atoms with Gasteiger partial charge in [0.1, 0.15) is 40.9 Å². The molecule has 70 heavy (non-hydrogen) atoms. The summed E-state index contributed by atoms with van der Waals surface area (Å²) in [4.78, 5) is 28.4. The fourth-order valence-corrected chi connectivity index (χ4v) is 9.97. The molecule has 0 aliphatic carbocycles. The van der Waals surface area contributed by atoms with Crippen LogP contribution in [0.5, 0.6) is 17.5 Å². The Morgan fingerprint density at radius 1 is 0.857 bits per heavy atom. The van der Waals surface area contributed by atoms with Crippen LogP contribution in [-0.2, 0) is 24.0 Å². The Bertz CT molecular complexity index is 2700. The number of hydrogen-bond donors (Lipinski definition) is 0. The van der Waals surface area contributed by atoms with E-state index in [4.69, 9.17) is 30.5 Å². The van der Waals surface area contributed by atoms with Gasteiger partial charge in [-0.25, -0.2) is 26.7 Å². The summed E-state index contributed by atoms with van der Waals surface area (Å²) in [6, 6.07) is 13.2. The number of anilines is 2. The highest BCUT2D eigenvalue weighted by Crippen LogP contribution is 2.50. The number of ether oxygens (including phenoxy) is 4. The van der Waals surface area contributed by atoms with E-state index in [9.17, 15) is 4.79 Å². The van der Waals surface area contributed by atoms with Crippen LogP contribution in [0, 0.1) is 22.9 Å². The van der Waals surface area contributed by atoms with Gasteiger partial charge in [0.2, 0.25) is 0 Å². The lowest BCUT2D eigenvalue weighted by molar-refractivity contribution is -0.169. The van der Waals surface area contributed by atoms with Crippen molar-refractivity contribution in [3.05, 3.63) is 99.8 Å². The summed E-state index contributed by atoms with van der Waals surface area (Å²) in [6.45, 7) is 5.72. The van der Waals surface area contributed by atoms with Crippen molar-refractivity contribution in [2.45, 2.75) is 89.8 Å². The van der Waals surface area contributed by atoms with Crippen LogP contribution in [0.25, 0.3) is 22.0 Å². The molecule has 2 unspecified atom stereocenters. The van der Waals surface area contributed by atoms with E-state index in [-0.39, 0.29) is 50.5 Å². The summed E-state index contributed by atoms with van der Waals surface area (Å²) < 4.78 is 151. The zero-order valence-electron chi connectivity index (χ0n) is 39.6. The van der Waals surface area contributed by atoms with Gasteiger partial charge in [-0.05, 0) is 95.1 Å². The normalized spacial score (nSPS) is 20.5. The number of rotatable bonds is 12. The first-order chi connectivity index (χ1) is 32.9. The topological polar surface area (TPSA) is 92.7 Å². The van der Waals surface area contributed by atoms with Crippen molar-refractivity contribution in [1.82, 2.24) is 19.8 Å². The van der Waals surface area contributed by atoms with Gasteiger partial charge >= 0.3 is 18.3 Å². The van der Waals surface area contributed by atoms with Crippen LogP contribution in [0.1, 0.15) is 63.6 Å². The Balaban J connectivity index is 1.29. The predicted molar refractivity (Wildman–Crippen MR) is 248 cm³/mol. The fraction of sp³-hybridized carbons (Fsp3) is 0.460. The van der Waals surface area contributed by atoms with Crippen molar-refractivity contribution in [2.24, 2.45) is 5.41 Å². The number of likely N-dealkylation sites (tertiary alicyclic amines) is 1. The molecule has 3 saturated heterocycles. The minimum absolute atomic E-state index is 0.0651. The van der Waals surface area contributed by atoms with Gasteiger partial charge in [-0.3, -0.25) is 4.90 Å². The number of aromatic nitrogens is 2. The number of piperazine rings is 1. The highest BCUT2D eigenvalue weighted by atomic mass is 35.5. The van der Waals surface area contributed by atoms with Crippen molar-refractivity contribution < 1.29 is 58.9 Å². The second kappa shape index (κ2) is 19.1. The number of methoxy groups -OCH3 is 2. The van der Waals surface area contributed by atoms with Gasteiger partial charge in [0.25, 0.3) is 5.92 Å². The molecule has 20 heteroatoms. The van der Waals surface area contributed by atoms with Gasteiger partial charge in [0.15, 0.2) is 11.6 Å². The maximum Gasteiger partial charge on any atom is 0.418 e. The molecular weight excluding hydrogens is 952 g/mol. The van der Waals surface area contributed by atoms with Crippen LogP contribution >= 0.6 is 11.6 Å². The second-order valence-electron chi connectivity index (χ2n) is 19.5. The highest BCUT2D eigenvalue weighted by molar-refractivity contribution is 6.32. The SMILES string of the molecule is COc1ccc(CN(Cc2ccc(OC)cc2)c2cc(Cl)c(C(F)(F)F)c(-c3c(F)cc4c(N5CC6CCC(C5)N6C(=O)OC(C)(C)C)nc(OC[C@]5(C)CN(C)CCC5(F)F)nc4c3F)c2F)cc1. The maximum absolute atomic E-state index is 17.7. The van der Waals surface area contributed by atoms with E-state index >= 15 is 35.1 Å². The first-order valence-electron chi connectivity index (χ1n) is 22.7. The smallest absolute Gasteiger partial charge is 0.418 e. The van der Waals surface area contributed by atoms with Crippen molar-refractivity contribution >= 4 is 40.1 Å². The number of benzene rings is 4. The third-order valence-corrected chi connectivity index (χ3v) is 13.5. The molecule has 376 valence electrons. The zero-order valence-corrected chi connectivity index (χ0v) is 40.4. The Morgan fingerprint density at radius 3 is 1.96 bits per heavy atom. The Hall–Kier alpha value is -5.82. The Labute approximate surface area is 405 Å². The molecule has 1 aromatic heterocycles. The van der Waals surface area contributed by atoms with Crippen LogP contribution in [0.2, 0.25) is 5.02 Å². The lowest BCUT2D eigenvalue weighted by Crippen LogP contribution is -2.57. The number of halogens is 9. The second-order valence-corrected chi connectivity index (χ2v) is 19.9. The summed E-state index contributed by atoms with van der Waals surface area (Å²) >= 11 is 6.46. The summed E-state index contributed by atoms with van der Waals surface area (Å²) in [5.41, 5.74) is -7.58. The van der Waals surface area contributed by atoms with Crippen LogP contribution in [0.15, 0.2) is 60.7 Å². The van der Waals surface area contributed by atoms with Gasteiger partial charge < -0.3 is 33.6 Å². The number of nitrogens with zero attached hydrogens (tertiary/aromatic N) is 6. The summed E-state index contributed by atoms with van der Waals surface area (Å²) in [5, 5.41) is -1.38. The largest absolute Gasteiger partial charge is 0.497 e. The summed E-state index contributed by atoms with van der Waals surface area (Å²) in [6.07, 6.45) is -5.43. The Kier molecular flexibility index (Phi) is 13.8. The average molecular weight is 1010 g/mol. The number of piperidine rings is 1. The molecule has 8 rings (SSSR count). The number of fused-ring (bicyclic) bond motifs is 3. The highest BCUT2D eigenvalue weighted by Gasteiger charge is 2.54. The first kappa shape index (κ1) is 50.6. The van der Waals surface area contributed by atoms with E-state index in [0.717, 1.165) is 6.07 Å². The van der Waals surface area contributed by atoms with Gasteiger partial charge in [0, 0.05) is 56.6 Å². The van der Waals surface area contributed by atoms with Gasteiger partial charge in [-0.15, -0.1) is 0 Å². The molecular formula is C50H53ClF8N6O5.